The van der Waals surface area contributed by atoms with Crippen LogP contribution in [0.5, 0.6) is 0 Å². The van der Waals surface area contributed by atoms with Crippen LogP contribution in [-0.2, 0) is 16.0 Å². The number of nitrogens with zero attached hydrogens (tertiary/aromatic N) is 2. The van der Waals surface area contributed by atoms with E-state index in [4.69, 9.17) is 5.73 Å². The minimum Gasteiger partial charge on any atom is -0.340 e. The molecule has 1 heterocycles. The van der Waals surface area contributed by atoms with Crippen molar-refractivity contribution in [3.8, 4) is 0 Å². The molecule has 2 aromatic carbocycles. The second-order valence-electron chi connectivity index (χ2n) is 7.78. The van der Waals surface area contributed by atoms with Crippen LogP contribution >= 0.6 is 24.8 Å². The van der Waals surface area contributed by atoms with Crippen LogP contribution in [0.25, 0.3) is 0 Å². The van der Waals surface area contributed by atoms with Crippen molar-refractivity contribution in [1.29, 1.82) is 0 Å². The summed E-state index contributed by atoms with van der Waals surface area (Å²) in [6.07, 6.45) is 0.340. The summed E-state index contributed by atoms with van der Waals surface area (Å²) in [5, 5.41) is 2.94. The molecule has 1 aliphatic rings. The Morgan fingerprint density at radius 2 is 1.65 bits per heavy atom. The summed E-state index contributed by atoms with van der Waals surface area (Å²) in [6, 6.07) is 16.7. The summed E-state index contributed by atoms with van der Waals surface area (Å²) in [5.41, 5.74) is 8.78. The number of amides is 2. The molecule has 2 atom stereocenters. The predicted octanol–water partition coefficient (Wildman–Crippen LogP) is 3.12. The minimum atomic E-state index is -0.381. The molecule has 0 aliphatic carbocycles. The van der Waals surface area contributed by atoms with E-state index in [0.717, 1.165) is 37.3 Å². The maximum Gasteiger partial charge on any atom is 0.229 e. The third-order valence-corrected chi connectivity index (χ3v) is 5.54. The molecule has 8 heteroatoms. The molecule has 1 aliphatic heterocycles. The normalized spacial score (nSPS) is 15.8. The zero-order valence-corrected chi connectivity index (χ0v) is 19.6. The Labute approximate surface area is 197 Å². The maximum absolute atomic E-state index is 12.7. The number of carbonyl (C=O) groups is 2. The van der Waals surface area contributed by atoms with Crippen molar-refractivity contribution in [3.63, 3.8) is 0 Å². The molecule has 0 bridgehead atoms. The van der Waals surface area contributed by atoms with Crippen molar-refractivity contribution in [2.45, 2.75) is 19.4 Å². The number of hydrogen-bond donors (Lipinski definition) is 2. The lowest BCUT2D eigenvalue weighted by Crippen LogP contribution is -2.47. The average molecular weight is 467 g/mol. The number of rotatable bonds is 6. The van der Waals surface area contributed by atoms with Crippen molar-refractivity contribution in [3.05, 3.63) is 65.7 Å². The van der Waals surface area contributed by atoms with Gasteiger partial charge < -0.3 is 20.9 Å². The Morgan fingerprint density at radius 3 is 2.29 bits per heavy atom. The molecule has 2 amide bonds. The Bertz CT molecular complexity index is 842. The number of nitrogens with one attached hydrogen (secondary N) is 1. The van der Waals surface area contributed by atoms with E-state index in [-0.39, 0.29) is 48.6 Å². The van der Waals surface area contributed by atoms with Gasteiger partial charge >= 0.3 is 0 Å². The molecule has 0 spiro atoms. The van der Waals surface area contributed by atoms with Gasteiger partial charge in [-0.25, -0.2) is 0 Å². The smallest absolute Gasteiger partial charge is 0.229 e. The van der Waals surface area contributed by atoms with Gasteiger partial charge in [-0.15, -0.1) is 24.8 Å². The molecule has 3 N–H and O–H groups in total. The molecular weight excluding hydrogens is 435 g/mol. The van der Waals surface area contributed by atoms with Crippen LogP contribution in [0.3, 0.4) is 0 Å². The molecule has 31 heavy (non-hydrogen) atoms. The van der Waals surface area contributed by atoms with E-state index in [0.29, 0.717) is 12.1 Å². The number of nitrogens with two attached hydrogens (primary N) is 1. The third kappa shape index (κ3) is 7.51. The van der Waals surface area contributed by atoms with Gasteiger partial charge in [0.2, 0.25) is 11.8 Å². The maximum atomic E-state index is 12.7. The molecule has 0 aromatic heterocycles. The molecule has 2 aromatic rings. The van der Waals surface area contributed by atoms with Crippen LogP contribution in [0.1, 0.15) is 24.1 Å². The van der Waals surface area contributed by atoms with E-state index < -0.39 is 0 Å². The SMILES string of the molecule is CC(C(=O)Nc1cccc(CC(=O)N2CCN(C)CC2)c1)C(N)c1ccccc1.Cl.Cl. The Hall–Kier alpha value is -2.12. The van der Waals surface area contributed by atoms with Gasteiger partial charge in [0.25, 0.3) is 0 Å². The second-order valence-corrected chi connectivity index (χ2v) is 7.78. The molecule has 0 saturated carbocycles. The first-order valence-corrected chi connectivity index (χ1v) is 10.1. The number of anilines is 1. The highest BCUT2D eigenvalue weighted by molar-refractivity contribution is 5.93. The zero-order chi connectivity index (χ0) is 20.8. The van der Waals surface area contributed by atoms with Crippen molar-refractivity contribution < 1.29 is 9.59 Å². The Morgan fingerprint density at radius 1 is 1.00 bits per heavy atom. The number of likely N-dealkylation sites (N-methyl/N-ethyl adjacent to an activating group) is 1. The van der Waals surface area contributed by atoms with Crippen molar-refractivity contribution >= 4 is 42.3 Å². The summed E-state index contributed by atoms with van der Waals surface area (Å²) in [7, 11) is 2.07. The van der Waals surface area contributed by atoms with E-state index in [1.54, 1.807) is 0 Å². The number of halogens is 2. The van der Waals surface area contributed by atoms with Crippen molar-refractivity contribution in [2.75, 3.05) is 38.5 Å². The van der Waals surface area contributed by atoms with Crippen LogP contribution in [0, 0.1) is 5.92 Å². The summed E-state index contributed by atoms with van der Waals surface area (Å²) >= 11 is 0. The fourth-order valence-corrected chi connectivity index (χ4v) is 3.48. The van der Waals surface area contributed by atoms with Crippen molar-refractivity contribution in [2.24, 2.45) is 11.7 Å². The summed E-state index contributed by atoms with van der Waals surface area (Å²) in [5.74, 6) is -0.391. The van der Waals surface area contributed by atoms with E-state index >= 15 is 0 Å². The monoisotopic (exact) mass is 466 g/mol. The molecule has 6 nitrogen and oxygen atoms in total. The highest BCUT2D eigenvalue weighted by atomic mass is 35.5. The molecule has 2 unspecified atom stereocenters. The van der Waals surface area contributed by atoms with Crippen molar-refractivity contribution in [1.82, 2.24) is 9.80 Å². The van der Waals surface area contributed by atoms with Gasteiger partial charge in [-0.2, -0.15) is 0 Å². The van der Waals surface area contributed by atoms with Crippen LogP contribution in [-0.4, -0.2) is 54.8 Å². The van der Waals surface area contributed by atoms with Gasteiger partial charge in [-0.3, -0.25) is 9.59 Å². The summed E-state index contributed by atoms with van der Waals surface area (Å²) in [4.78, 5) is 29.4. The number of carbonyl (C=O) groups excluding carboxylic acids is 2. The fourth-order valence-electron chi connectivity index (χ4n) is 3.48. The standard InChI is InChI=1S/C23H30N4O2.2ClH/c1-17(22(24)19-8-4-3-5-9-19)23(29)25-20-10-6-7-18(15-20)16-21(28)27-13-11-26(2)12-14-27;;/h3-10,15,17,22H,11-14,16,24H2,1-2H3,(H,25,29);2*1H. The Balaban J connectivity index is 0.00000240. The number of hydrogen-bond acceptors (Lipinski definition) is 4. The van der Waals surface area contributed by atoms with Gasteiger partial charge in [0.15, 0.2) is 0 Å². The van der Waals surface area contributed by atoms with Gasteiger partial charge in [-0.1, -0.05) is 49.4 Å². The second kappa shape index (κ2) is 12.7. The zero-order valence-electron chi connectivity index (χ0n) is 18.0. The molecule has 1 saturated heterocycles. The first-order chi connectivity index (χ1) is 13.9. The predicted molar refractivity (Wildman–Crippen MR) is 130 cm³/mol. The van der Waals surface area contributed by atoms with Crippen LogP contribution in [0.2, 0.25) is 0 Å². The van der Waals surface area contributed by atoms with E-state index in [2.05, 4.69) is 17.3 Å². The molecule has 1 fully saturated rings. The fraction of sp³-hybridized carbons (Fsp3) is 0.391. The van der Waals surface area contributed by atoms with E-state index in [1.165, 1.54) is 0 Å². The molecule has 0 radical (unpaired) electrons. The number of piperazine rings is 1. The lowest BCUT2D eigenvalue weighted by Gasteiger charge is -2.32. The molecule has 170 valence electrons. The van der Waals surface area contributed by atoms with Gasteiger partial charge in [-0.05, 0) is 30.3 Å². The van der Waals surface area contributed by atoms with Crippen LogP contribution in [0.15, 0.2) is 54.6 Å². The topological polar surface area (TPSA) is 78.7 Å². The Kier molecular flexibility index (Phi) is 11.0. The highest BCUT2D eigenvalue weighted by Crippen LogP contribution is 2.21. The lowest BCUT2D eigenvalue weighted by atomic mass is 9.94. The van der Waals surface area contributed by atoms with Gasteiger partial charge in [0.05, 0.1) is 12.3 Å². The summed E-state index contributed by atoms with van der Waals surface area (Å²) < 4.78 is 0. The molecular formula is C23H32Cl2N4O2. The average Bonchev–Trinajstić information content (AvgIpc) is 2.74. The van der Waals surface area contributed by atoms with E-state index in [9.17, 15) is 9.59 Å². The largest absolute Gasteiger partial charge is 0.340 e. The quantitative estimate of drug-likeness (QED) is 0.685. The van der Waals surface area contributed by atoms with Gasteiger partial charge in [0, 0.05) is 37.9 Å². The summed E-state index contributed by atoms with van der Waals surface area (Å²) in [6.45, 7) is 5.16. The number of benzene rings is 2. The highest BCUT2D eigenvalue weighted by Gasteiger charge is 2.23. The third-order valence-electron chi connectivity index (χ3n) is 5.54. The minimum absolute atomic E-state index is 0. The van der Waals surface area contributed by atoms with E-state index in [1.807, 2.05) is 66.4 Å². The molecule has 3 rings (SSSR count). The first-order valence-electron chi connectivity index (χ1n) is 10.1. The first kappa shape index (κ1) is 26.9. The lowest BCUT2D eigenvalue weighted by molar-refractivity contribution is -0.132. The van der Waals surface area contributed by atoms with Crippen LogP contribution in [0.4, 0.5) is 5.69 Å². The van der Waals surface area contributed by atoms with Gasteiger partial charge in [0.1, 0.15) is 0 Å². The van der Waals surface area contributed by atoms with Crippen LogP contribution < -0.4 is 11.1 Å².